The molecule has 1 N–H and O–H groups in total. The predicted octanol–water partition coefficient (Wildman–Crippen LogP) is 6.12. The third-order valence-electron chi connectivity index (χ3n) is 6.67. The first-order valence-electron chi connectivity index (χ1n) is 12.2. The number of hydrogen-bond donors (Lipinski definition) is 1. The third kappa shape index (κ3) is 5.19. The zero-order valence-corrected chi connectivity index (χ0v) is 22.5. The lowest BCUT2D eigenvalue weighted by Crippen LogP contribution is -2.27. The minimum Gasteiger partial charge on any atom is -0.481 e. The molecule has 0 saturated heterocycles. The molecule has 0 spiro atoms. The van der Waals surface area contributed by atoms with Gasteiger partial charge in [0.15, 0.2) is 0 Å². The van der Waals surface area contributed by atoms with Gasteiger partial charge in [-0.25, -0.2) is 10.0 Å². The maximum atomic E-state index is 13.5. The third-order valence-corrected chi connectivity index (χ3v) is 7.54. The van der Waals surface area contributed by atoms with Gasteiger partial charge in [0, 0.05) is 34.7 Å². The van der Waals surface area contributed by atoms with Crippen molar-refractivity contribution in [2.75, 3.05) is 0 Å². The van der Waals surface area contributed by atoms with E-state index in [1.54, 1.807) is 12.1 Å². The largest absolute Gasteiger partial charge is 0.481 e. The van der Waals surface area contributed by atoms with E-state index < -0.39 is 17.9 Å². The van der Waals surface area contributed by atoms with E-state index in [1.165, 1.54) is 5.01 Å². The lowest BCUT2D eigenvalue weighted by atomic mass is 9.79. The molecule has 2 heterocycles. The average molecular weight is 593 g/mol. The molecule has 5 rings (SSSR count). The van der Waals surface area contributed by atoms with Crippen molar-refractivity contribution in [3.05, 3.63) is 99.0 Å². The summed E-state index contributed by atoms with van der Waals surface area (Å²) in [5, 5.41) is 15.5. The Hall–Kier alpha value is -3.62. The number of rotatable bonds is 7. The van der Waals surface area contributed by atoms with Gasteiger partial charge in [-0.05, 0) is 41.3 Å². The lowest BCUT2D eigenvalue weighted by Gasteiger charge is -2.27. The van der Waals surface area contributed by atoms with Gasteiger partial charge in [-0.2, -0.15) is 5.10 Å². The number of nitrogens with zero attached hydrogens (tertiary/aromatic N) is 3. The van der Waals surface area contributed by atoms with Crippen molar-refractivity contribution >= 4 is 62.3 Å². The minimum atomic E-state index is -0.967. The number of carboxylic acid groups (broad SMARTS) is 1. The zero-order chi connectivity index (χ0) is 26.8. The van der Waals surface area contributed by atoms with Gasteiger partial charge >= 0.3 is 5.97 Å². The number of carbonyl (C=O) groups excluding carboxylic acids is 2. The highest BCUT2D eigenvalue weighted by Crippen LogP contribution is 2.42. The number of aliphatic carboxylic acids is 1. The molecule has 7 nitrogen and oxygen atoms in total. The highest BCUT2D eigenvalue weighted by molar-refractivity contribution is 9.11. The number of halogens is 2. The first-order valence-corrected chi connectivity index (χ1v) is 13.3. The van der Waals surface area contributed by atoms with Crippen LogP contribution in [0.15, 0.2) is 93.0 Å². The second kappa shape index (κ2) is 11.0. The van der Waals surface area contributed by atoms with E-state index in [2.05, 4.69) is 26.0 Å². The Balaban J connectivity index is 1.62. The number of amides is 2. The molecule has 0 fully saturated rings. The molecule has 192 valence electrons. The first kappa shape index (κ1) is 26.0. The standard InChI is InChI=1S/C29H23BrClN3O4/c30-18-13-14-22-20(15-18)27(17-7-2-1-3-8-17)28(29(38)32-22)23-16-24(19-9-4-5-10-21(19)31)34(33-23)25(35)11-6-12-26(36)37/h1-5,7-10,13-15,20,24H,6,11-12,16H2,(H,36,37). The number of allylic oxidation sites excluding steroid dienone is 5. The quantitative estimate of drug-likeness (QED) is 0.418. The van der Waals surface area contributed by atoms with Crippen LogP contribution in [0.25, 0.3) is 5.57 Å². The fourth-order valence-electron chi connectivity index (χ4n) is 4.96. The van der Waals surface area contributed by atoms with Crippen molar-refractivity contribution in [1.29, 1.82) is 0 Å². The summed E-state index contributed by atoms with van der Waals surface area (Å²) in [5.74, 6) is -1.98. The molecule has 1 aliphatic carbocycles. The highest BCUT2D eigenvalue weighted by Gasteiger charge is 2.40. The van der Waals surface area contributed by atoms with E-state index in [9.17, 15) is 14.4 Å². The Bertz CT molecular complexity index is 1480. The summed E-state index contributed by atoms with van der Waals surface area (Å²) in [6, 6.07) is 16.3. The summed E-state index contributed by atoms with van der Waals surface area (Å²) in [6.45, 7) is 0. The van der Waals surface area contributed by atoms with Crippen molar-refractivity contribution in [2.24, 2.45) is 16.0 Å². The molecule has 3 aliphatic rings. The predicted molar refractivity (Wildman–Crippen MR) is 150 cm³/mol. The van der Waals surface area contributed by atoms with Crippen LogP contribution in [0.3, 0.4) is 0 Å². The number of aliphatic imine (C=N–C) groups is 1. The monoisotopic (exact) mass is 591 g/mol. The van der Waals surface area contributed by atoms with Gasteiger partial charge in [-0.1, -0.05) is 82.1 Å². The average Bonchev–Trinajstić information content (AvgIpc) is 3.33. The molecule has 2 aromatic rings. The molecule has 9 heteroatoms. The molecule has 2 amide bonds. The van der Waals surface area contributed by atoms with Crippen LogP contribution in [0.2, 0.25) is 5.02 Å². The zero-order valence-electron chi connectivity index (χ0n) is 20.2. The summed E-state index contributed by atoms with van der Waals surface area (Å²) in [6.07, 6.45) is 6.02. The molecule has 2 unspecified atom stereocenters. The van der Waals surface area contributed by atoms with Crippen LogP contribution < -0.4 is 0 Å². The maximum Gasteiger partial charge on any atom is 0.303 e. The fraction of sp³-hybridized carbons (Fsp3) is 0.207. The maximum absolute atomic E-state index is 13.5. The summed E-state index contributed by atoms with van der Waals surface area (Å²) < 4.78 is 0.876. The topological polar surface area (TPSA) is 99.4 Å². The summed E-state index contributed by atoms with van der Waals surface area (Å²) in [7, 11) is 0. The Morgan fingerprint density at radius 2 is 1.79 bits per heavy atom. The van der Waals surface area contributed by atoms with E-state index in [4.69, 9.17) is 16.7 Å². The SMILES string of the molecule is O=C(O)CCCC(=O)N1N=C(C2=C(c3ccccc3)C3C=C(Br)C=CC3=NC2=O)CC1c1ccccc1Cl. The van der Waals surface area contributed by atoms with E-state index in [0.717, 1.165) is 15.6 Å². The van der Waals surface area contributed by atoms with Crippen LogP contribution in [0.4, 0.5) is 0 Å². The number of dihydropyridines is 1. The molecule has 0 radical (unpaired) electrons. The van der Waals surface area contributed by atoms with Crippen molar-refractivity contribution in [3.63, 3.8) is 0 Å². The minimum absolute atomic E-state index is 0.00791. The van der Waals surface area contributed by atoms with Gasteiger partial charge in [0.25, 0.3) is 5.91 Å². The van der Waals surface area contributed by atoms with Crippen LogP contribution >= 0.6 is 27.5 Å². The summed E-state index contributed by atoms with van der Waals surface area (Å²) >= 11 is 10.1. The molecule has 38 heavy (non-hydrogen) atoms. The van der Waals surface area contributed by atoms with E-state index in [0.29, 0.717) is 27.6 Å². The van der Waals surface area contributed by atoms with Crippen molar-refractivity contribution in [1.82, 2.24) is 5.01 Å². The van der Waals surface area contributed by atoms with Crippen LogP contribution in [0.1, 0.15) is 42.9 Å². The molecule has 0 bridgehead atoms. The van der Waals surface area contributed by atoms with Gasteiger partial charge in [-0.15, -0.1) is 0 Å². The molecule has 2 aliphatic heterocycles. The number of hydrogen-bond acceptors (Lipinski definition) is 4. The molecular formula is C29H23BrClN3O4. The van der Waals surface area contributed by atoms with Crippen molar-refractivity contribution in [3.8, 4) is 0 Å². The second-order valence-corrected chi connectivity index (χ2v) is 10.5. The normalized spacial score (nSPS) is 20.6. The Labute approximate surface area is 233 Å². The van der Waals surface area contributed by atoms with E-state index >= 15 is 0 Å². The Kier molecular flexibility index (Phi) is 7.53. The van der Waals surface area contributed by atoms with Gasteiger partial charge in [-0.3, -0.25) is 14.4 Å². The highest BCUT2D eigenvalue weighted by atomic mass is 79.9. The molecule has 2 atom stereocenters. The number of carboxylic acids is 1. The number of fused-ring (bicyclic) bond motifs is 1. The van der Waals surface area contributed by atoms with Crippen molar-refractivity contribution in [2.45, 2.75) is 31.7 Å². The van der Waals surface area contributed by atoms with Gasteiger partial charge in [0.2, 0.25) is 5.91 Å². The van der Waals surface area contributed by atoms with E-state index in [-0.39, 0.29) is 37.5 Å². The van der Waals surface area contributed by atoms with Gasteiger partial charge in [0.1, 0.15) is 0 Å². The Morgan fingerprint density at radius 3 is 2.53 bits per heavy atom. The summed E-state index contributed by atoms with van der Waals surface area (Å²) in [5.41, 5.74) is 3.81. The smallest absolute Gasteiger partial charge is 0.303 e. The second-order valence-electron chi connectivity index (χ2n) is 9.13. The number of benzene rings is 2. The number of hydrazone groups is 1. The Morgan fingerprint density at radius 1 is 1.05 bits per heavy atom. The van der Waals surface area contributed by atoms with E-state index in [1.807, 2.05) is 60.7 Å². The first-order chi connectivity index (χ1) is 18.3. The molecule has 0 aromatic heterocycles. The van der Waals surface area contributed by atoms with Gasteiger partial charge < -0.3 is 5.11 Å². The fourth-order valence-corrected chi connectivity index (χ4v) is 5.61. The van der Waals surface area contributed by atoms with Crippen LogP contribution in [0, 0.1) is 5.92 Å². The van der Waals surface area contributed by atoms with Crippen molar-refractivity contribution < 1.29 is 19.5 Å². The molecule has 2 aromatic carbocycles. The number of carbonyl (C=O) groups is 3. The van der Waals surface area contributed by atoms with Crippen LogP contribution in [-0.4, -0.2) is 39.3 Å². The lowest BCUT2D eigenvalue weighted by molar-refractivity contribution is -0.137. The summed E-state index contributed by atoms with van der Waals surface area (Å²) in [4.78, 5) is 42.2. The van der Waals surface area contributed by atoms with Crippen LogP contribution in [-0.2, 0) is 14.4 Å². The van der Waals surface area contributed by atoms with Crippen LogP contribution in [0.5, 0.6) is 0 Å². The molecular weight excluding hydrogens is 570 g/mol. The van der Waals surface area contributed by atoms with Gasteiger partial charge in [0.05, 0.1) is 23.0 Å². The molecule has 0 saturated carbocycles.